The van der Waals surface area contributed by atoms with Gasteiger partial charge in [0.15, 0.2) is 0 Å². The number of aromatic nitrogens is 1. The number of hydrogen-bond acceptors (Lipinski definition) is 2. The van der Waals surface area contributed by atoms with Gasteiger partial charge < -0.3 is 0 Å². The molecule has 0 atom stereocenters. The lowest BCUT2D eigenvalue weighted by molar-refractivity contribution is 1.17. The van der Waals surface area contributed by atoms with Crippen molar-refractivity contribution in [2.45, 2.75) is 6.92 Å². The lowest BCUT2D eigenvalue weighted by Crippen LogP contribution is -2.13. The van der Waals surface area contributed by atoms with Crippen LogP contribution in [0.25, 0.3) is 43.8 Å². The smallest absolute Gasteiger partial charge is 0.137 e. The minimum atomic E-state index is 0.895. The molecule has 7 rings (SSSR count). The van der Waals surface area contributed by atoms with E-state index in [0.29, 0.717) is 0 Å². The maximum Gasteiger partial charge on any atom is 0.137 e. The van der Waals surface area contributed by atoms with Crippen LogP contribution in [0.1, 0.15) is 5.56 Å². The number of rotatable bonds is 5. The predicted octanol–water partition coefficient (Wildman–Crippen LogP) is 10.5. The monoisotopic (exact) mass is 512 g/mol. The first-order valence-electron chi connectivity index (χ1n) is 13.6. The molecule has 0 amide bonds. The van der Waals surface area contributed by atoms with E-state index in [1.165, 1.54) is 43.8 Å². The number of aryl methyl sites for hydroxylation is 1. The molecule has 190 valence electrons. The van der Waals surface area contributed by atoms with Crippen LogP contribution in [0.5, 0.6) is 0 Å². The lowest BCUT2D eigenvalue weighted by atomic mass is 9.89. The SMILES string of the molecule is Cc1ccc(N(c2ccccc2)c2c3ccccc3c(-c3ccc(-c4ccccc4)cc3)c3ccccc23)nc1. The molecule has 0 saturated heterocycles. The van der Waals surface area contributed by atoms with E-state index in [0.717, 1.165) is 22.8 Å². The molecule has 0 N–H and O–H groups in total. The van der Waals surface area contributed by atoms with Gasteiger partial charge in [-0.05, 0) is 63.7 Å². The van der Waals surface area contributed by atoms with Gasteiger partial charge in [0.05, 0.1) is 5.69 Å². The van der Waals surface area contributed by atoms with Gasteiger partial charge in [0.2, 0.25) is 0 Å². The van der Waals surface area contributed by atoms with Gasteiger partial charge in [-0.1, -0.05) is 127 Å². The second kappa shape index (κ2) is 10.2. The summed E-state index contributed by atoms with van der Waals surface area (Å²) in [5.41, 5.74) is 8.25. The van der Waals surface area contributed by atoms with Gasteiger partial charge in [0, 0.05) is 22.7 Å². The summed E-state index contributed by atoms with van der Waals surface area (Å²) in [6.07, 6.45) is 1.94. The Bertz CT molecular complexity index is 1870. The second-order valence-corrected chi connectivity index (χ2v) is 10.1. The Morgan fingerprint density at radius 3 is 1.52 bits per heavy atom. The van der Waals surface area contributed by atoms with E-state index in [1.54, 1.807) is 0 Å². The van der Waals surface area contributed by atoms with Crippen LogP contribution in [0.4, 0.5) is 17.2 Å². The fourth-order valence-corrected chi connectivity index (χ4v) is 5.66. The van der Waals surface area contributed by atoms with Gasteiger partial charge in [0.1, 0.15) is 5.82 Å². The van der Waals surface area contributed by atoms with Gasteiger partial charge in [0.25, 0.3) is 0 Å². The first-order valence-corrected chi connectivity index (χ1v) is 13.6. The molecule has 0 bridgehead atoms. The van der Waals surface area contributed by atoms with E-state index >= 15 is 0 Å². The standard InChI is InChI=1S/C38H28N2/c1-27-20-25-36(39-26-27)40(31-14-6-3-7-15-31)38-34-18-10-8-16-32(34)37(33-17-9-11-19-35(33)38)30-23-21-29(22-24-30)28-12-4-2-5-13-28/h2-26H,1H3. The largest absolute Gasteiger partial charge is 0.294 e. The van der Waals surface area contributed by atoms with Gasteiger partial charge in [-0.25, -0.2) is 4.98 Å². The summed E-state index contributed by atoms with van der Waals surface area (Å²) < 4.78 is 0. The summed E-state index contributed by atoms with van der Waals surface area (Å²) in [5.74, 6) is 0.895. The van der Waals surface area contributed by atoms with Crippen molar-refractivity contribution < 1.29 is 0 Å². The number of pyridine rings is 1. The maximum absolute atomic E-state index is 4.89. The summed E-state index contributed by atoms with van der Waals surface area (Å²) in [5, 5.41) is 4.82. The molecular weight excluding hydrogens is 484 g/mol. The lowest BCUT2D eigenvalue weighted by Gasteiger charge is -2.28. The van der Waals surface area contributed by atoms with Crippen LogP contribution in [-0.4, -0.2) is 4.98 Å². The van der Waals surface area contributed by atoms with Crippen molar-refractivity contribution in [1.29, 1.82) is 0 Å². The zero-order chi connectivity index (χ0) is 26.9. The highest BCUT2D eigenvalue weighted by molar-refractivity contribution is 6.22. The number of anilines is 3. The predicted molar refractivity (Wildman–Crippen MR) is 170 cm³/mol. The third-order valence-corrected chi connectivity index (χ3v) is 7.55. The van der Waals surface area contributed by atoms with Gasteiger partial charge in [-0.3, -0.25) is 4.90 Å². The highest BCUT2D eigenvalue weighted by Gasteiger charge is 2.22. The van der Waals surface area contributed by atoms with Crippen molar-refractivity contribution in [2.75, 3.05) is 4.90 Å². The average Bonchev–Trinajstić information content (AvgIpc) is 3.03. The van der Waals surface area contributed by atoms with Crippen molar-refractivity contribution in [3.63, 3.8) is 0 Å². The minimum absolute atomic E-state index is 0.895. The molecule has 0 saturated carbocycles. The summed E-state index contributed by atoms with van der Waals surface area (Å²) >= 11 is 0. The van der Waals surface area contributed by atoms with Gasteiger partial charge >= 0.3 is 0 Å². The van der Waals surface area contributed by atoms with E-state index in [9.17, 15) is 0 Å². The molecule has 6 aromatic carbocycles. The molecule has 7 aromatic rings. The fourth-order valence-electron chi connectivity index (χ4n) is 5.66. The Kier molecular flexibility index (Phi) is 6.07. The van der Waals surface area contributed by atoms with Gasteiger partial charge in [-0.15, -0.1) is 0 Å². The van der Waals surface area contributed by atoms with Crippen LogP contribution in [0, 0.1) is 6.92 Å². The van der Waals surface area contributed by atoms with E-state index in [-0.39, 0.29) is 0 Å². The average molecular weight is 513 g/mol. The van der Waals surface area contributed by atoms with E-state index in [4.69, 9.17) is 4.98 Å². The topological polar surface area (TPSA) is 16.1 Å². The Hall–Kier alpha value is -5.21. The van der Waals surface area contributed by atoms with Crippen LogP contribution < -0.4 is 4.90 Å². The van der Waals surface area contributed by atoms with Crippen LogP contribution in [-0.2, 0) is 0 Å². The van der Waals surface area contributed by atoms with Crippen LogP contribution in [0.15, 0.2) is 152 Å². The molecule has 0 aliphatic heterocycles. The van der Waals surface area contributed by atoms with Crippen molar-refractivity contribution in [3.8, 4) is 22.3 Å². The van der Waals surface area contributed by atoms with Crippen LogP contribution in [0.2, 0.25) is 0 Å². The molecule has 1 heterocycles. The van der Waals surface area contributed by atoms with Gasteiger partial charge in [-0.2, -0.15) is 0 Å². The number of hydrogen-bond donors (Lipinski definition) is 0. The number of para-hydroxylation sites is 1. The van der Waals surface area contributed by atoms with E-state index in [2.05, 4.69) is 157 Å². The Balaban J connectivity index is 1.52. The minimum Gasteiger partial charge on any atom is -0.294 e. The van der Waals surface area contributed by atoms with Crippen molar-refractivity contribution in [1.82, 2.24) is 4.98 Å². The Labute approximate surface area is 234 Å². The third kappa shape index (κ3) is 4.20. The molecule has 0 aliphatic carbocycles. The summed E-state index contributed by atoms with van der Waals surface area (Å²) in [6.45, 7) is 2.08. The molecule has 2 nitrogen and oxygen atoms in total. The molecule has 1 aromatic heterocycles. The zero-order valence-corrected chi connectivity index (χ0v) is 22.3. The van der Waals surface area contributed by atoms with Crippen LogP contribution >= 0.6 is 0 Å². The van der Waals surface area contributed by atoms with E-state index < -0.39 is 0 Å². The fraction of sp³-hybridized carbons (Fsp3) is 0.0263. The highest BCUT2D eigenvalue weighted by atomic mass is 15.2. The molecular formula is C38H28N2. The van der Waals surface area contributed by atoms with E-state index in [1.807, 2.05) is 6.20 Å². The number of fused-ring (bicyclic) bond motifs is 2. The summed E-state index contributed by atoms with van der Waals surface area (Å²) in [4.78, 5) is 7.19. The summed E-state index contributed by atoms with van der Waals surface area (Å²) in [6, 6.07) is 51.8. The summed E-state index contributed by atoms with van der Waals surface area (Å²) in [7, 11) is 0. The molecule has 0 unspecified atom stereocenters. The normalized spacial score (nSPS) is 11.1. The molecule has 2 heteroatoms. The highest BCUT2D eigenvalue weighted by Crippen LogP contribution is 2.47. The molecule has 0 fully saturated rings. The Morgan fingerprint density at radius 2 is 0.950 bits per heavy atom. The van der Waals surface area contributed by atoms with Crippen molar-refractivity contribution in [2.24, 2.45) is 0 Å². The molecule has 40 heavy (non-hydrogen) atoms. The molecule has 0 aliphatic rings. The number of benzene rings is 6. The Morgan fingerprint density at radius 1 is 0.450 bits per heavy atom. The maximum atomic E-state index is 4.89. The number of nitrogens with zero attached hydrogens (tertiary/aromatic N) is 2. The quantitative estimate of drug-likeness (QED) is 0.213. The van der Waals surface area contributed by atoms with Crippen LogP contribution in [0.3, 0.4) is 0 Å². The van der Waals surface area contributed by atoms with Crippen molar-refractivity contribution >= 4 is 38.7 Å². The zero-order valence-electron chi connectivity index (χ0n) is 22.3. The first-order chi connectivity index (χ1) is 19.8. The van der Waals surface area contributed by atoms with Crippen molar-refractivity contribution in [3.05, 3.63) is 157 Å². The first kappa shape index (κ1) is 23.9. The third-order valence-electron chi connectivity index (χ3n) is 7.55. The molecule has 0 radical (unpaired) electrons. The molecule has 0 spiro atoms. The second-order valence-electron chi connectivity index (χ2n) is 10.1.